The summed E-state index contributed by atoms with van der Waals surface area (Å²) in [5, 5.41) is 3.05. The number of aromatic nitrogens is 2. The SMILES string of the molecule is O=C(NC[C@@H]1c2ccccc2-c2cncn21)c1ccc(Oc2ccccc2)cc1. The van der Waals surface area contributed by atoms with Crippen LogP contribution in [0.4, 0.5) is 0 Å². The highest BCUT2D eigenvalue weighted by Crippen LogP contribution is 2.38. The van der Waals surface area contributed by atoms with Crippen molar-refractivity contribution in [1.29, 1.82) is 0 Å². The van der Waals surface area contributed by atoms with Crippen LogP contribution in [-0.2, 0) is 0 Å². The van der Waals surface area contributed by atoms with Gasteiger partial charge in [-0.3, -0.25) is 4.79 Å². The van der Waals surface area contributed by atoms with Crippen molar-refractivity contribution in [1.82, 2.24) is 14.9 Å². The van der Waals surface area contributed by atoms with Crippen LogP contribution >= 0.6 is 0 Å². The number of nitrogens with one attached hydrogen (secondary N) is 1. The fraction of sp³-hybridized carbons (Fsp3) is 0.0833. The summed E-state index contributed by atoms with van der Waals surface area (Å²) < 4.78 is 7.89. The molecule has 0 saturated heterocycles. The number of fused-ring (bicyclic) bond motifs is 3. The second-order valence-electron chi connectivity index (χ2n) is 6.94. The largest absolute Gasteiger partial charge is 0.457 e. The molecule has 1 aliphatic heterocycles. The summed E-state index contributed by atoms with van der Waals surface area (Å²) in [6, 6.07) is 25.0. The fourth-order valence-electron chi connectivity index (χ4n) is 3.73. The number of hydrogen-bond acceptors (Lipinski definition) is 3. The van der Waals surface area contributed by atoms with Crippen molar-refractivity contribution in [2.45, 2.75) is 6.04 Å². The Morgan fingerprint density at radius 1 is 0.931 bits per heavy atom. The van der Waals surface area contributed by atoms with Crippen LogP contribution in [0.5, 0.6) is 11.5 Å². The molecule has 29 heavy (non-hydrogen) atoms. The summed E-state index contributed by atoms with van der Waals surface area (Å²) in [5.74, 6) is 1.35. The van der Waals surface area contributed by atoms with Crippen LogP contribution in [0, 0.1) is 0 Å². The molecule has 0 aliphatic carbocycles. The first-order chi connectivity index (χ1) is 14.3. The molecular weight excluding hydrogens is 362 g/mol. The topological polar surface area (TPSA) is 56.2 Å². The molecule has 1 atom stereocenters. The number of para-hydroxylation sites is 1. The number of benzene rings is 3. The lowest BCUT2D eigenvalue weighted by Crippen LogP contribution is -2.30. The van der Waals surface area contributed by atoms with Gasteiger partial charge in [-0.05, 0) is 42.0 Å². The monoisotopic (exact) mass is 381 g/mol. The number of rotatable bonds is 5. The maximum absolute atomic E-state index is 12.7. The van der Waals surface area contributed by atoms with E-state index in [1.54, 1.807) is 24.3 Å². The molecule has 0 radical (unpaired) electrons. The lowest BCUT2D eigenvalue weighted by Gasteiger charge is -2.16. The van der Waals surface area contributed by atoms with Crippen molar-refractivity contribution in [2.24, 2.45) is 0 Å². The lowest BCUT2D eigenvalue weighted by molar-refractivity contribution is 0.0950. The molecular formula is C24H19N3O2. The number of carbonyl (C=O) groups is 1. The first-order valence-corrected chi connectivity index (χ1v) is 9.52. The molecule has 0 saturated carbocycles. The summed E-state index contributed by atoms with van der Waals surface area (Å²) >= 11 is 0. The van der Waals surface area contributed by atoms with Gasteiger partial charge in [0.2, 0.25) is 0 Å². The number of nitrogens with zero attached hydrogens (tertiary/aromatic N) is 2. The summed E-state index contributed by atoms with van der Waals surface area (Å²) in [5.41, 5.74) is 4.06. The van der Waals surface area contributed by atoms with E-state index in [9.17, 15) is 4.79 Å². The second kappa shape index (κ2) is 7.28. The Morgan fingerprint density at radius 3 is 2.48 bits per heavy atom. The van der Waals surface area contributed by atoms with Crippen molar-refractivity contribution < 1.29 is 9.53 Å². The molecule has 0 bridgehead atoms. The van der Waals surface area contributed by atoms with Gasteiger partial charge in [0.05, 0.1) is 24.3 Å². The maximum Gasteiger partial charge on any atom is 0.251 e. The Labute approximate surface area is 168 Å². The molecule has 0 spiro atoms. The molecule has 1 N–H and O–H groups in total. The molecule has 1 amide bonds. The summed E-state index contributed by atoms with van der Waals surface area (Å²) in [6.45, 7) is 0.501. The molecule has 4 aromatic rings. The molecule has 5 heteroatoms. The number of hydrogen-bond donors (Lipinski definition) is 1. The molecule has 5 nitrogen and oxygen atoms in total. The van der Waals surface area contributed by atoms with Crippen molar-refractivity contribution in [3.05, 3.63) is 103 Å². The zero-order valence-electron chi connectivity index (χ0n) is 15.7. The van der Waals surface area contributed by atoms with Crippen LogP contribution < -0.4 is 10.1 Å². The van der Waals surface area contributed by atoms with E-state index >= 15 is 0 Å². The van der Waals surface area contributed by atoms with Crippen LogP contribution in [0.2, 0.25) is 0 Å². The van der Waals surface area contributed by atoms with Crippen LogP contribution in [0.25, 0.3) is 11.3 Å². The van der Waals surface area contributed by atoms with Crippen LogP contribution in [-0.4, -0.2) is 22.0 Å². The van der Waals surface area contributed by atoms with Crippen molar-refractivity contribution in [3.8, 4) is 22.8 Å². The highest BCUT2D eigenvalue weighted by Gasteiger charge is 2.28. The molecule has 0 unspecified atom stereocenters. The van der Waals surface area contributed by atoms with E-state index in [4.69, 9.17) is 4.74 Å². The lowest BCUT2D eigenvalue weighted by atomic mass is 10.0. The van der Waals surface area contributed by atoms with Gasteiger partial charge < -0.3 is 14.6 Å². The minimum absolute atomic E-state index is 0.0494. The van der Waals surface area contributed by atoms with E-state index in [1.807, 2.05) is 55.0 Å². The van der Waals surface area contributed by atoms with E-state index in [-0.39, 0.29) is 11.9 Å². The zero-order valence-corrected chi connectivity index (χ0v) is 15.7. The summed E-state index contributed by atoms with van der Waals surface area (Å²) in [4.78, 5) is 16.9. The smallest absolute Gasteiger partial charge is 0.251 e. The van der Waals surface area contributed by atoms with E-state index in [0.29, 0.717) is 17.9 Å². The van der Waals surface area contributed by atoms with E-state index in [1.165, 1.54) is 11.1 Å². The summed E-state index contributed by atoms with van der Waals surface area (Å²) in [6.07, 6.45) is 3.69. The van der Waals surface area contributed by atoms with Crippen LogP contribution in [0.15, 0.2) is 91.4 Å². The normalized spacial score (nSPS) is 14.1. The van der Waals surface area contributed by atoms with Gasteiger partial charge in [-0.15, -0.1) is 0 Å². The number of carbonyl (C=O) groups excluding carboxylic acids is 1. The maximum atomic E-state index is 12.7. The summed E-state index contributed by atoms with van der Waals surface area (Å²) in [7, 11) is 0. The van der Waals surface area contributed by atoms with Crippen molar-refractivity contribution >= 4 is 5.91 Å². The molecule has 142 valence electrons. The molecule has 2 heterocycles. The molecule has 1 aromatic heterocycles. The molecule has 3 aromatic carbocycles. The van der Waals surface area contributed by atoms with E-state index in [0.717, 1.165) is 11.4 Å². The van der Waals surface area contributed by atoms with Gasteiger partial charge in [-0.2, -0.15) is 0 Å². The predicted molar refractivity (Wildman–Crippen MR) is 111 cm³/mol. The van der Waals surface area contributed by atoms with Crippen molar-refractivity contribution in [2.75, 3.05) is 6.54 Å². The van der Waals surface area contributed by atoms with Gasteiger partial charge in [-0.25, -0.2) is 4.98 Å². The van der Waals surface area contributed by atoms with E-state index in [2.05, 4.69) is 27.0 Å². The number of amides is 1. The highest BCUT2D eigenvalue weighted by atomic mass is 16.5. The Bertz CT molecular complexity index is 1150. The Balaban J connectivity index is 1.27. The molecule has 1 aliphatic rings. The van der Waals surface area contributed by atoms with Gasteiger partial charge >= 0.3 is 0 Å². The third-order valence-corrected chi connectivity index (χ3v) is 5.15. The average molecular weight is 381 g/mol. The zero-order chi connectivity index (χ0) is 19.6. The molecule has 0 fully saturated rings. The Kier molecular flexibility index (Phi) is 4.33. The van der Waals surface area contributed by atoms with Gasteiger partial charge in [0, 0.05) is 17.7 Å². The standard InChI is InChI=1S/C24H19N3O2/c28-24(17-10-12-19(13-11-17)29-18-6-2-1-3-7-18)26-15-23-21-9-5-4-8-20(21)22-14-25-16-27(22)23/h1-14,16,23H,15H2,(H,26,28)/t23-/m1/s1. The van der Waals surface area contributed by atoms with E-state index < -0.39 is 0 Å². The predicted octanol–water partition coefficient (Wildman–Crippen LogP) is 4.68. The third-order valence-electron chi connectivity index (χ3n) is 5.15. The minimum atomic E-state index is -0.109. The van der Waals surface area contributed by atoms with Crippen molar-refractivity contribution in [3.63, 3.8) is 0 Å². The van der Waals surface area contributed by atoms with Gasteiger partial charge in [-0.1, -0.05) is 42.5 Å². The number of imidazole rings is 1. The first-order valence-electron chi connectivity index (χ1n) is 9.52. The highest BCUT2D eigenvalue weighted by molar-refractivity contribution is 5.94. The fourth-order valence-corrected chi connectivity index (χ4v) is 3.73. The molecule has 5 rings (SSSR count). The Hall–Kier alpha value is -3.86. The quantitative estimate of drug-likeness (QED) is 0.546. The van der Waals surface area contributed by atoms with Gasteiger partial charge in [0.15, 0.2) is 0 Å². The average Bonchev–Trinajstić information content (AvgIpc) is 3.35. The number of ether oxygens (including phenoxy) is 1. The minimum Gasteiger partial charge on any atom is -0.457 e. The van der Waals surface area contributed by atoms with Gasteiger partial charge in [0.25, 0.3) is 5.91 Å². The Morgan fingerprint density at radius 2 is 1.66 bits per heavy atom. The van der Waals surface area contributed by atoms with Gasteiger partial charge in [0.1, 0.15) is 11.5 Å². The third kappa shape index (κ3) is 3.27. The first kappa shape index (κ1) is 17.3. The van der Waals surface area contributed by atoms with Crippen LogP contribution in [0.3, 0.4) is 0 Å². The second-order valence-corrected chi connectivity index (χ2v) is 6.94. The van der Waals surface area contributed by atoms with Crippen LogP contribution in [0.1, 0.15) is 22.0 Å².